The van der Waals surface area contributed by atoms with E-state index in [1.54, 1.807) is 17.4 Å². The zero-order valence-corrected chi connectivity index (χ0v) is 13.4. The molecule has 0 saturated heterocycles. The molecule has 1 aromatic heterocycles. The first-order valence-corrected chi connectivity index (χ1v) is 8.02. The van der Waals surface area contributed by atoms with E-state index in [1.807, 2.05) is 13.0 Å². The SMILES string of the molecule is CCCNC(c1csc(Br)c1)c1ccc(F)cc1C. The van der Waals surface area contributed by atoms with Crippen molar-refractivity contribution in [3.63, 3.8) is 0 Å². The zero-order chi connectivity index (χ0) is 13.8. The summed E-state index contributed by atoms with van der Waals surface area (Å²) >= 11 is 5.17. The second kappa shape index (κ2) is 6.64. The van der Waals surface area contributed by atoms with E-state index in [0.29, 0.717) is 0 Å². The number of hydrogen-bond donors (Lipinski definition) is 1. The number of aryl methyl sites for hydroxylation is 1. The molecule has 0 bridgehead atoms. The summed E-state index contributed by atoms with van der Waals surface area (Å²) in [6.45, 7) is 5.04. The van der Waals surface area contributed by atoms with E-state index in [2.05, 4.69) is 39.6 Å². The number of nitrogens with one attached hydrogen (secondary N) is 1. The molecular formula is C15H17BrFNS. The van der Waals surface area contributed by atoms with Crippen molar-refractivity contribution in [1.82, 2.24) is 5.32 Å². The molecular weight excluding hydrogens is 325 g/mol. The van der Waals surface area contributed by atoms with Crippen LogP contribution in [0.25, 0.3) is 0 Å². The first kappa shape index (κ1) is 14.7. The summed E-state index contributed by atoms with van der Waals surface area (Å²) in [7, 11) is 0. The minimum absolute atomic E-state index is 0.128. The Morgan fingerprint density at radius 1 is 1.37 bits per heavy atom. The fraction of sp³-hybridized carbons (Fsp3) is 0.333. The summed E-state index contributed by atoms with van der Waals surface area (Å²) in [5.41, 5.74) is 3.34. The topological polar surface area (TPSA) is 12.0 Å². The molecule has 0 spiro atoms. The Kier molecular flexibility index (Phi) is 5.13. The largest absolute Gasteiger partial charge is 0.306 e. The van der Waals surface area contributed by atoms with E-state index in [9.17, 15) is 4.39 Å². The van der Waals surface area contributed by atoms with Crippen LogP contribution in [0.5, 0.6) is 0 Å². The number of rotatable bonds is 5. The van der Waals surface area contributed by atoms with Gasteiger partial charge in [0, 0.05) is 0 Å². The van der Waals surface area contributed by atoms with Gasteiger partial charge in [-0.05, 0) is 76.1 Å². The molecule has 2 aromatic rings. The van der Waals surface area contributed by atoms with E-state index in [-0.39, 0.29) is 11.9 Å². The van der Waals surface area contributed by atoms with Gasteiger partial charge in [0.1, 0.15) is 5.82 Å². The number of hydrogen-bond acceptors (Lipinski definition) is 2. The Hall–Kier alpha value is -0.710. The molecule has 102 valence electrons. The lowest BCUT2D eigenvalue weighted by Gasteiger charge is -2.20. The zero-order valence-electron chi connectivity index (χ0n) is 11.0. The molecule has 0 aliphatic rings. The third kappa shape index (κ3) is 3.65. The van der Waals surface area contributed by atoms with Gasteiger partial charge in [0.25, 0.3) is 0 Å². The maximum absolute atomic E-state index is 13.2. The van der Waals surface area contributed by atoms with Gasteiger partial charge in [0.15, 0.2) is 0 Å². The summed E-state index contributed by atoms with van der Waals surface area (Å²) < 4.78 is 14.4. The van der Waals surface area contributed by atoms with Gasteiger partial charge in [0.2, 0.25) is 0 Å². The summed E-state index contributed by atoms with van der Waals surface area (Å²) in [6.07, 6.45) is 1.07. The monoisotopic (exact) mass is 341 g/mol. The highest BCUT2D eigenvalue weighted by Crippen LogP contribution is 2.31. The number of thiophene rings is 1. The van der Waals surface area contributed by atoms with Crippen LogP contribution < -0.4 is 5.32 Å². The van der Waals surface area contributed by atoms with E-state index in [4.69, 9.17) is 0 Å². The van der Waals surface area contributed by atoms with Crippen LogP contribution in [0.3, 0.4) is 0 Å². The maximum atomic E-state index is 13.2. The predicted octanol–water partition coefficient (Wildman–Crippen LogP) is 5.05. The average molecular weight is 342 g/mol. The highest BCUT2D eigenvalue weighted by molar-refractivity contribution is 9.11. The molecule has 0 radical (unpaired) electrons. The van der Waals surface area contributed by atoms with Crippen molar-refractivity contribution in [3.8, 4) is 0 Å². The van der Waals surface area contributed by atoms with Gasteiger partial charge in [-0.3, -0.25) is 0 Å². The molecule has 1 heterocycles. The van der Waals surface area contributed by atoms with Gasteiger partial charge < -0.3 is 5.32 Å². The quantitative estimate of drug-likeness (QED) is 0.802. The summed E-state index contributed by atoms with van der Waals surface area (Å²) in [5, 5.41) is 5.68. The molecule has 0 aliphatic carbocycles. The smallest absolute Gasteiger partial charge is 0.123 e. The second-order valence-electron chi connectivity index (χ2n) is 4.57. The number of halogens is 2. The van der Waals surface area contributed by atoms with Gasteiger partial charge in [0.05, 0.1) is 9.83 Å². The lowest BCUT2D eigenvalue weighted by molar-refractivity contribution is 0.591. The Morgan fingerprint density at radius 2 is 2.16 bits per heavy atom. The van der Waals surface area contributed by atoms with E-state index >= 15 is 0 Å². The standard InChI is InChI=1S/C15H17BrFNS/c1-3-6-18-15(11-8-14(16)19-9-11)13-5-4-12(17)7-10(13)2/h4-5,7-9,15,18H,3,6H2,1-2H3. The van der Waals surface area contributed by atoms with Crippen LogP contribution in [0.2, 0.25) is 0 Å². The predicted molar refractivity (Wildman–Crippen MR) is 83.3 cm³/mol. The number of benzene rings is 1. The van der Waals surface area contributed by atoms with Gasteiger partial charge in [-0.15, -0.1) is 11.3 Å². The molecule has 0 fully saturated rings. The van der Waals surface area contributed by atoms with Gasteiger partial charge in [-0.1, -0.05) is 13.0 Å². The average Bonchev–Trinajstić information content (AvgIpc) is 2.78. The normalized spacial score (nSPS) is 12.6. The van der Waals surface area contributed by atoms with Crippen molar-refractivity contribution in [2.75, 3.05) is 6.54 Å². The molecule has 2 rings (SSSR count). The third-order valence-corrected chi connectivity index (χ3v) is 4.59. The van der Waals surface area contributed by atoms with Crippen LogP contribution in [0.1, 0.15) is 36.1 Å². The molecule has 1 atom stereocenters. The van der Waals surface area contributed by atoms with E-state index in [1.165, 1.54) is 11.6 Å². The van der Waals surface area contributed by atoms with Crippen molar-refractivity contribution < 1.29 is 4.39 Å². The lowest BCUT2D eigenvalue weighted by Crippen LogP contribution is -2.23. The summed E-state index contributed by atoms with van der Waals surface area (Å²) in [5.74, 6) is -0.179. The van der Waals surface area contributed by atoms with Crippen LogP contribution in [-0.2, 0) is 0 Å². The molecule has 1 N–H and O–H groups in total. The minimum Gasteiger partial charge on any atom is -0.306 e. The van der Waals surface area contributed by atoms with Gasteiger partial charge >= 0.3 is 0 Å². The first-order valence-electron chi connectivity index (χ1n) is 6.35. The van der Waals surface area contributed by atoms with Crippen LogP contribution in [0.4, 0.5) is 4.39 Å². The van der Waals surface area contributed by atoms with Crippen molar-refractivity contribution in [3.05, 3.63) is 55.9 Å². The molecule has 0 amide bonds. The van der Waals surface area contributed by atoms with Crippen molar-refractivity contribution >= 4 is 27.3 Å². The highest BCUT2D eigenvalue weighted by atomic mass is 79.9. The highest BCUT2D eigenvalue weighted by Gasteiger charge is 2.17. The maximum Gasteiger partial charge on any atom is 0.123 e. The molecule has 0 saturated carbocycles. The third-order valence-electron chi connectivity index (χ3n) is 3.06. The van der Waals surface area contributed by atoms with Crippen LogP contribution in [-0.4, -0.2) is 6.54 Å². The van der Waals surface area contributed by atoms with Crippen molar-refractivity contribution in [2.24, 2.45) is 0 Å². The van der Waals surface area contributed by atoms with Crippen molar-refractivity contribution in [2.45, 2.75) is 26.3 Å². The van der Waals surface area contributed by atoms with E-state index in [0.717, 1.165) is 27.9 Å². The molecule has 1 unspecified atom stereocenters. The Labute approximate surface area is 126 Å². The Bertz CT molecular complexity index is 553. The van der Waals surface area contributed by atoms with E-state index < -0.39 is 0 Å². The Balaban J connectivity index is 2.36. The first-order chi connectivity index (χ1) is 9.11. The minimum atomic E-state index is -0.179. The van der Waals surface area contributed by atoms with Gasteiger partial charge in [-0.25, -0.2) is 4.39 Å². The summed E-state index contributed by atoms with van der Waals surface area (Å²) in [6, 6.07) is 7.26. The van der Waals surface area contributed by atoms with Gasteiger partial charge in [-0.2, -0.15) is 0 Å². The van der Waals surface area contributed by atoms with Crippen LogP contribution >= 0.6 is 27.3 Å². The Morgan fingerprint density at radius 3 is 2.74 bits per heavy atom. The lowest BCUT2D eigenvalue weighted by atomic mass is 9.96. The summed E-state index contributed by atoms with van der Waals surface area (Å²) in [4.78, 5) is 0. The second-order valence-corrected chi connectivity index (χ2v) is 6.86. The van der Waals surface area contributed by atoms with Crippen molar-refractivity contribution in [1.29, 1.82) is 0 Å². The molecule has 1 nitrogen and oxygen atoms in total. The molecule has 1 aromatic carbocycles. The van der Waals surface area contributed by atoms with Crippen LogP contribution in [0, 0.1) is 12.7 Å². The molecule has 4 heteroatoms. The molecule has 19 heavy (non-hydrogen) atoms. The fourth-order valence-electron chi connectivity index (χ4n) is 2.13. The molecule has 0 aliphatic heterocycles. The van der Waals surface area contributed by atoms with Crippen LogP contribution in [0.15, 0.2) is 33.4 Å². The fourth-order valence-corrected chi connectivity index (χ4v) is 3.34.